The summed E-state index contributed by atoms with van der Waals surface area (Å²) in [6, 6.07) is 7.56. The van der Waals surface area contributed by atoms with E-state index >= 15 is 0 Å². The Bertz CT molecular complexity index is 497. The van der Waals surface area contributed by atoms with Gasteiger partial charge in [0.05, 0.1) is 11.0 Å². The van der Waals surface area contributed by atoms with E-state index in [0.29, 0.717) is 0 Å². The molecule has 70 valence electrons. The zero-order valence-electron chi connectivity index (χ0n) is 7.84. The Morgan fingerprint density at radius 2 is 2.21 bits per heavy atom. The molecule has 0 aliphatic carbocycles. The van der Waals surface area contributed by atoms with Gasteiger partial charge in [-0.3, -0.25) is 9.36 Å². The van der Waals surface area contributed by atoms with Crippen LogP contribution in [0.2, 0.25) is 0 Å². The van der Waals surface area contributed by atoms with Crippen molar-refractivity contribution >= 4 is 16.9 Å². The normalized spacial score (nSPS) is 11.2. The van der Waals surface area contributed by atoms with Crippen molar-refractivity contribution < 1.29 is 4.79 Å². The van der Waals surface area contributed by atoms with Gasteiger partial charge in [0.1, 0.15) is 6.33 Å². The van der Waals surface area contributed by atoms with Crippen LogP contribution in [0, 0.1) is 0 Å². The molecule has 0 unspecified atom stereocenters. The van der Waals surface area contributed by atoms with Gasteiger partial charge in [0.25, 0.3) is 5.91 Å². The topological polar surface area (TPSA) is 34.9 Å². The van der Waals surface area contributed by atoms with Crippen LogP contribution >= 0.6 is 0 Å². The number of nitrogens with zero attached hydrogens (tertiary/aromatic N) is 2. The minimum Gasteiger partial charge on any atom is -0.269 e. The molecule has 0 N–H and O–H groups in total. The molecule has 0 saturated heterocycles. The average Bonchev–Trinajstić information content (AvgIpc) is 2.61. The first-order valence-electron chi connectivity index (χ1n) is 4.42. The molecule has 14 heavy (non-hydrogen) atoms. The molecular weight excluding hydrogens is 176 g/mol. The number of para-hydroxylation sites is 2. The molecule has 0 spiro atoms. The number of hydrogen-bond acceptors (Lipinski definition) is 2. The number of carbonyl (C=O) groups excluding carboxylic acids is 1. The van der Waals surface area contributed by atoms with Gasteiger partial charge in [0.15, 0.2) is 0 Å². The zero-order valence-corrected chi connectivity index (χ0v) is 7.84. The van der Waals surface area contributed by atoms with E-state index in [2.05, 4.69) is 4.98 Å². The molecular formula is C11H10N2O. The Balaban J connectivity index is 2.58. The molecule has 0 bridgehead atoms. The van der Waals surface area contributed by atoms with Gasteiger partial charge in [-0.1, -0.05) is 18.2 Å². The lowest BCUT2D eigenvalue weighted by Gasteiger charge is -1.96. The molecule has 0 amide bonds. The number of hydrogen-bond donors (Lipinski definition) is 0. The third kappa shape index (κ3) is 1.33. The summed E-state index contributed by atoms with van der Waals surface area (Å²) in [7, 11) is 0. The lowest BCUT2D eigenvalue weighted by molar-refractivity contribution is 0.0973. The standard InChI is InChI=1S/C11H10N2O/c1-2-5-11(14)13-8-12-9-6-3-4-7-10(9)13/h2-8H,1H3. The van der Waals surface area contributed by atoms with Gasteiger partial charge in [-0.25, -0.2) is 4.98 Å². The van der Waals surface area contributed by atoms with Crippen LogP contribution in [0.4, 0.5) is 0 Å². The maximum Gasteiger partial charge on any atom is 0.256 e. The van der Waals surface area contributed by atoms with Gasteiger partial charge in [0, 0.05) is 0 Å². The Kier molecular flexibility index (Phi) is 2.14. The number of aromatic nitrogens is 2. The largest absolute Gasteiger partial charge is 0.269 e. The molecule has 3 nitrogen and oxygen atoms in total. The zero-order chi connectivity index (χ0) is 9.97. The van der Waals surface area contributed by atoms with Crippen LogP contribution in [-0.4, -0.2) is 15.5 Å². The molecule has 0 aliphatic heterocycles. The van der Waals surface area contributed by atoms with Gasteiger partial charge in [-0.05, 0) is 25.1 Å². The highest BCUT2D eigenvalue weighted by molar-refractivity contribution is 5.96. The predicted molar refractivity (Wildman–Crippen MR) is 55.2 cm³/mol. The Labute approximate surface area is 81.7 Å². The van der Waals surface area contributed by atoms with Crippen molar-refractivity contribution in [2.24, 2.45) is 0 Å². The molecule has 3 heteroatoms. The van der Waals surface area contributed by atoms with E-state index in [1.807, 2.05) is 31.2 Å². The molecule has 0 atom stereocenters. The van der Waals surface area contributed by atoms with Gasteiger partial charge in [-0.15, -0.1) is 0 Å². The molecule has 0 fully saturated rings. The summed E-state index contributed by atoms with van der Waals surface area (Å²) in [5, 5.41) is 0. The van der Waals surface area contributed by atoms with Crippen molar-refractivity contribution in [3.05, 3.63) is 42.7 Å². The highest BCUT2D eigenvalue weighted by atomic mass is 16.1. The minimum atomic E-state index is -0.0683. The van der Waals surface area contributed by atoms with E-state index < -0.39 is 0 Å². The Morgan fingerprint density at radius 1 is 1.43 bits per heavy atom. The molecule has 0 saturated carbocycles. The number of benzene rings is 1. The first-order valence-corrected chi connectivity index (χ1v) is 4.42. The smallest absolute Gasteiger partial charge is 0.256 e. The third-order valence-corrected chi connectivity index (χ3v) is 2.00. The van der Waals surface area contributed by atoms with E-state index in [1.54, 1.807) is 12.4 Å². The number of imidazole rings is 1. The molecule has 0 aliphatic rings. The van der Waals surface area contributed by atoms with Crippen LogP contribution in [0.15, 0.2) is 42.7 Å². The molecule has 2 rings (SSSR count). The van der Waals surface area contributed by atoms with Crippen molar-refractivity contribution in [1.29, 1.82) is 0 Å². The summed E-state index contributed by atoms with van der Waals surface area (Å²) in [5.74, 6) is -0.0683. The highest BCUT2D eigenvalue weighted by Gasteiger charge is 2.05. The van der Waals surface area contributed by atoms with Crippen LogP contribution in [0.1, 0.15) is 11.7 Å². The molecule has 1 aromatic carbocycles. The van der Waals surface area contributed by atoms with Gasteiger partial charge < -0.3 is 0 Å². The monoisotopic (exact) mass is 186 g/mol. The second kappa shape index (κ2) is 3.46. The summed E-state index contributed by atoms with van der Waals surface area (Å²) < 4.78 is 1.54. The fourth-order valence-corrected chi connectivity index (χ4v) is 1.36. The number of rotatable bonds is 1. The highest BCUT2D eigenvalue weighted by Crippen LogP contribution is 2.11. The van der Waals surface area contributed by atoms with Crippen LogP contribution in [-0.2, 0) is 0 Å². The van der Waals surface area contributed by atoms with E-state index in [4.69, 9.17) is 0 Å². The summed E-state index contributed by atoms with van der Waals surface area (Å²) in [6.45, 7) is 1.82. The molecule has 1 aromatic heterocycles. The fraction of sp³-hybridized carbons (Fsp3) is 0.0909. The Hall–Kier alpha value is -1.90. The van der Waals surface area contributed by atoms with Crippen molar-refractivity contribution in [2.45, 2.75) is 6.92 Å². The van der Waals surface area contributed by atoms with Crippen LogP contribution < -0.4 is 0 Å². The van der Waals surface area contributed by atoms with Crippen molar-refractivity contribution in [1.82, 2.24) is 9.55 Å². The van der Waals surface area contributed by atoms with E-state index in [9.17, 15) is 4.79 Å². The summed E-state index contributed by atoms with van der Waals surface area (Å²) >= 11 is 0. The lowest BCUT2D eigenvalue weighted by atomic mass is 10.3. The van der Waals surface area contributed by atoms with Gasteiger partial charge >= 0.3 is 0 Å². The lowest BCUT2D eigenvalue weighted by Crippen LogP contribution is -2.04. The number of allylic oxidation sites excluding steroid dienone is 2. The minimum absolute atomic E-state index is 0.0683. The van der Waals surface area contributed by atoms with E-state index in [1.165, 1.54) is 10.6 Å². The first kappa shape index (κ1) is 8.69. The quantitative estimate of drug-likeness (QED) is 0.640. The number of carbonyl (C=O) groups is 1. The van der Waals surface area contributed by atoms with E-state index in [-0.39, 0.29) is 5.91 Å². The predicted octanol–water partition coefficient (Wildman–Crippen LogP) is 2.25. The number of fused-ring (bicyclic) bond motifs is 1. The fourth-order valence-electron chi connectivity index (χ4n) is 1.36. The average molecular weight is 186 g/mol. The van der Waals surface area contributed by atoms with Crippen LogP contribution in [0.5, 0.6) is 0 Å². The maximum absolute atomic E-state index is 11.6. The van der Waals surface area contributed by atoms with Crippen LogP contribution in [0.25, 0.3) is 11.0 Å². The summed E-state index contributed by atoms with van der Waals surface area (Å²) in [6.07, 6.45) is 4.79. The second-order valence-corrected chi connectivity index (χ2v) is 2.94. The van der Waals surface area contributed by atoms with Crippen molar-refractivity contribution in [2.75, 3.05) is 0 Å². The van der Waals surface area contributed by atoms with Crippen molar-refractivity contribution in [3.63, 3.8) is 0 Å². The van der Waals surface area contributed by atoms with Gasteiger partial charge in [0.2, 0.25) is 0 Å². The molecule has 0 radical (unpaired) electrons. The third-order valence-electron chi connectivity index (χ3n) is 2.00. The van der Waals surface area contributed by atoms with E-state index in [0.717, 1.165) is 11.0 Å². The van der Waals surface area contributed by atoms with Gasteiger partial charge in [-0.2, -0.15) is 0 Å². The maximum atomic E-state index is 11.6. The summed E-state index contributed by atoms with van der Waals surface area (Å²) in [4.78, 5) is 15.7. The summed E-state index contributed by atoms with van der Waals surface area (Å²) in [5.41, 5.74) is 1.68. The Morgan fingerprint density at radius 3 is 3.00 bits per heavy atom. The first-order chi connectivity index (χ1) is 6.83. The second-order valence-electron chi connectivity index (χ2n) is 2.94. The van der Waals surface area contributed by atoms with Crippen molar-refractivity contribution in [3.8, 4) is 0 Å². The van der Waals surface area contributed by atoms with Crippen LogP contribution in [0.3, 0.4) is 0 Å². The molecule has 1 heterocycles. The molecule has 2 aromatic rings. The SMILES string of the molecule is CC=CC(=O)n1cnc2ccccc21.